The number of hydrogen-bond donors (Lipinski definition) is 1. The fraction of sp³-hybridized carbons (Fsp3) is 0.222. The van der Waals surface area contributed by atoms with Crippen LogP contribution >= 0.6 is 0 Å². The number of hydroxylamine groups is 1. The maximum absolute atomic E-state index is 11.2. The third kappa shape index (κ3) is 2.19. The summed E-state index contributed by atoms with van der Waals surface area (Å²) in [7, 11) is 3.00. The van der Waals surface area contributed by atoms with Gasteiger partial charge in [0, 0.05) is 7.05 Å². The summed E-state index contributed by atoms with van der Waals surface area (Å²) in [6.07, 6.45) is 0. The van der Waals surface area contributed by atoms with Gasteiger partial charge in [-0.25, -0.2) is 4.79 Å². The quantitative estimate of drug-likeness (QED) is 0.699. The van der Waals surface area contributed by atoms with Crippen LogP contribution in [0.25, 0.3) is 0 Å². The zero-order valence-corrected chi connectivity index (χ0v) is 7.65. The highest BCUT2D eigenvalue weighted by molar-refractivity contribution is 5.89. The van der Waals surface area contributed by atoms with Crippen molar-refractivity contribution >= 4 is 11.7 Å². The zero-order chi connectivity index (χ0) is 9.68. The molecule has 0 fully saturated rings. The van der Waals surface area contributed by atoms with Crippen molar-refractivity contribution in [3.05, 3.63) is 30.3 Å². The van der Waals surface area contributed by atoms with Gasteiger partial charge in [0.1, 0.15) is 0 Å². The molecular formula is C9H12N2O2. The van der Waals surface area contributed by atoms with Gasteiger partial charge in [-0.1, -0.05) is 18.2 Å². The molecule has 4 heteroatoms. The number of anilines is 1. The first-order valence-electron chi connectivity index (χ1n) is 3.90. The molecule has 0 aliphatic heterocycles. The van der Waals surface area contributed by atoms with E-state index in [1.165, 1.54) is 12.2 Å². The van der Waals surface area contributed by atoms with Crippen LogP contribution in [0.4, 0.5) is 10.5 Å². The summed E-state index contributed by atoms with van der Waals surface area (Å²) < 4.78 is 0. The minimum Gasteiger partial charge on any atom is -0.339 e. The van der Waals surface area contributed by atoms with Crippen LogP contribution in [-0.2, 0) is 4.84 Å². The predicted molar refractivity (Wildman–Crippen MR) is 50.4 cm³/mol. The molecule has 0 heterocycles. The van der Waals surface area contributed by atoms with Crippen molar-refractivity contribution in [3.8, 4) is 0 Å². The Morgan fingerprint density at radius 3 is 2.46 bits per heavy atom. The lowest BCUT2D eigenvalue weighted by Gasteiger charge is -2.18. The smallest absolute Gasteiger partial charge is 0.339 e. The van der Waals surface area contributed by atoms with E-state index >= 15 is 0 Å². The number of hydrogen-bond acceptors (Lipinski definition) is 2. The summed E-state index contributed by atoms with van der Waals surface area (Å²) in [6.45, 7) is 0. The van der Waals surface area contributed by atoms with Gasteiger partial charge in [0.2, 0.25) is 0 Å². The minimum absolute atomic E-state index is 0.297. The van der Waals surface area contributed by atoms with Crippen molar-refractivity contribution in [2.75, 3.05) is 19.2 Å². The third-order valence-electron chi connectivity index (χ3n) is 1.57. The first-order valence-corrected chi connectivity index (χ1v) is 3.90. The summed E-state index contributed by atoms with van der Waals surface area (Å²) >= 11 is 0. The first-order chi connectivity index (χ1) is 6.29. The lowest BCUT2D eigenvalue weighted by Crippen LogP contribution is -2.37. The molecule has 0 spiro atoms. The van der Waals surface area contributed by atoms with Gasteiger partial charge in [-0.3, -0.25) is 4.84 Å². The number of nitrogens with one attached hydrogen (secondary N) is 1. The molecule has 0 bridgehead atoms. The lowest BCUT2D eigenvalue weighted by atomic mass is 10.3. The normalized spacial score (nSPS) is 9.38. The number of carbonyl (C=O) groups is 1. The molecular weight excluding hydrogens is 168 g/mol. The van der Waals surface area contributed by atoms with E-state index in [2.05, 4.69) is 5.32 Å². The van der Waals surface area contributed by atoms with E-state index < -0.39 is 0 Å². The zero-order valence-electron chi connectivity index (χ0n) is 7.65. The summed E-state index contributed by atoms with van der Waals surface area (Å²) in [5.41, 5.74) is 0.698. The van der Waals surface area contributed by atoms with Gasteiger partial charge in [0.25, 0.3) is 0 Å². The van der Waals surface area contributed by atoms with Crippen LogP contribution in [0.15, 0.2) is 30.3 Å². The van der Waals surface area contributed by atoms with E-state index in [0.717, 1.165) is 0 Å². The number of carbonyl (C=O) groups excluding carboxylic acids is 1. The van der Waals surface area contributed by atoms with Gasteiger partial charge in [0.05, 0.1) is 12.8 Å². The van der Waals surface area contributed by atoms with E-state index in [9.17, 15) is 4.79 Å². The number of amides is 2. The molecule has 1 aromatic rings. The summed E-state index contributed by atoms with van der Waals surface area (Å²) in [6, 6.07) is 8.83. The van der Waals surface area contributed by atoms with Crippen molar-refractivity contribution in [3.63, 3.8) is 0 Å². The van der Waals surface area contributed by atoms with Crippen molar-refractivity contribution in [2.45, 2.75) is 0 Å². The lowest BCUT2D eigenvalue weighted by molar-refractivity contribution is 0.164. The molecule has 0 unspecified atom stereocenters. The van der Waals surface area contributed by atoms with E-state index in [1.807, 2.05) is 18.2 Å². The average Bonchev–Trinajstić information content (AvgIpc) is 2.20. The monoisotopic (exact) mass is 180 g/mol. The predicted octanol–water partition coefficient (Wildman–Crippen LogP) is 1.39. The van der Waals surface area contributed by atoms with Crippen LogP contribution in [-0.4, -0.2) is 20.2 Å². The van der Waals surface area contributed by atoms with Crippen molar-refractivity contribution in [1.82, 2.24) is 5.32 Å². The molecule has 1 aromatic carbocycles. The maximum Gasteiger partial charge on any atom is 0.345 e. The number of nitrogens with zero attached hydrogens (tertiary/aromatic N) is 1. The van der Waals surface area contributed by atoms with Crippen LogP contribution < -0.4 is 10.4 Å². The topological polar surface area (TPSA) is 41.6 Å². The van der Waals surface area contributed by atoms with Crippen molar-refractivity contribution in [2.24, 2.45) is 0 Å². The number of rotatable bonds is 2. The van der Waals surface area contributed by atoms with Gasteiger partial charge in [-0.2, -0.15) is 5.06 Å². The van der Waals surface area contributed by atoms with E-state index in [4.69, 9.17) is 4.84 Å². The summed E-state index contributed by atoms with van der Waals surface area (Å²) in [5.74, 6) is 0. The van der Waals surface area contributed by atoms with Gasteiger partial charge >= 0.3 is 6.03 Å². The molecule has 13 heavy (non-hydrogen) atoms. The van der Waals surface area contributed by atoms with Crippen LogP contribution in [0.1, 0.15) is 0 Å². The molecule has 0 saturated heterocycles. The Hall–Kier alpha value is -1.55. The summed E-state index contributed by atoms with van der Waals surface area (Å²) in [4.78, 5) is 16.1. The SMILES string of the molecule is CNC(=O)N(OC)c1ccccc1. The Bertz CT molecular complexity index is 274. The molecule has 2 amide bonds. The first kappa shape index (κ1) is 9.54. The van der Waals surface area contributed by atoms with Gasteiger partial charge in [0.15, 0.2) is 0 Å². The molecule has 1 N–H and O–H groups in total. The number of urea groups is 1. The number of para-hydroxylation sites is 1. The molecule has 0 radical (unpaired) electrons. The van der Waals surface area contributed by atoms with Gasteiger partial charge < -0.3 is 5.32 Å². The Morgan fingerprint density at radius 2 is 2.00 bits per heavy atom. The Labute approximate surface area is 77.1 Å². The second-order valence-electron chi connectivity index (χ2n) is 2.37. The van der Waals surface area contributed by atoms with E-state index in [1.54, 1.807) is 19.2 Å². The number of benzene rings is 1. The summed E-state index contributed by atoms with van der Waals surface area (Å²) in [5, 5.41) is 3.66. The Morgan fingerprint density at radius 1 is 1.38 bits per heavy atom. The molecule has 1 rings (SSSR count). The fourth-order valence-corrected chi connectivity index (χ4v) is 0.971. The van der Waals surface area contributed by atoms with E-state index in [0.29, 0.717) is 5.69 Å². The molecule has 0 saturated carbocycles. The average molecular weight is 180 g/mol. The van der Waals surface area contributed by atoms with Crippen LogP contribution in [0.3, 0.4) is 0 Å². The Balaban J connectivity index is 2.85. The molecule has 0 aliphatic carbocycles. The molecule has 0 aromatic heterocycles. The molecule has 4 nitrogen and oxygen atoms in total. The van der Waals surface area contributed by atoms with Crippen LogP contribution in [0.2, 0.25) is 0 Å². The van der Waals surface area contributed by atoms with E-state index in [-0.39, 0.29) is 6.03 Å². The highest BCUT2D eigenvalue weighted by Crippen LogP contribution is 2.12. The second kappa shape index (κ2) is 4.47. The van der Waals surface area contributed by atoms with Crippen LogP contribution in [0, 0.1) is 0 Å². The molecule has 70 valence electrons. The fourth-order valence-electron chi connectivity index (χ4n) is 0.971. The standard InChI is InChI=1S/C9H12N2O2/c1-10-9(12)11(13-2)8-6-4-3-5-7-8/h3-7H,1-2H3,(H,10,12). The van der Waals surface area contributed by atoms with Gasteiger partial charge in [-0.15, -0.1) is 0 Å². The largest absolute Gasteiger partial charge is 0.345 e. The van der Waals surface area contributed by atoms with Crippen LogP contribution in [0.5, 0.6) is 0 Å². The Kier molecular flexibility index (Phi) is 3.28. The highest BCUT2D eigenvalue weighted by Gasteiger charge is 2.12. The van der Waals surface area contributed by atoms with Crippen molar-refractivity contribution in [1.29, 1.82) is 0 Å². The third-order valence-corrected chi connectivity index (χ3v) is 1.57. The highest BCUT2D eigenvalue weighted by atomic mass is 16.7. The van der Waals surface area contributed by atoms with Gasteiger partial charge in [-0.05, 0) is 12.1 Å². The molecule has 0 aliphatic rings. The van der Waals surface area contributed by atoms with Crippen molar-refractivity contribution < 1.29 is 9.63 Å². The minimum atomic E-state index is -0.297. The maximum atomic E-state index is 11.2. The molecule has 0 atom stereocenters. The second-order valence-corrected chi connectivity index (χ2v) is 2.37.